The summed E-state index contributed by atoms with van der Waals surface area (Å²) >= 11 is 0. The van der Waals surface area contributed by atoms with Crippen LogP contribution < -0.4 is 14.8 Å². The predicted molar refractivity (Wildman–Crippen MR) is 157 cm³/mol. The minimum Gasteiger partial charge on any atom is -0.493 e. The topological polar surface area (TPSA) is 98.6 Å². The summed E-state index contributed by atoms with van der Waals surface area (Å²) in [5.41, 5.74) is 2.83. The van der Waals surface area contributed by atoms with E-state index >= 15 is 0 Å². The number of hydrogen-bond acceptors (Lipinski definition) is 6. The molecule has 0 spiro atoms. The van der Waals surface area contributed by atoms with Gasteiger partial charge in [0.1, 0.15) is 23.9 Å². The minimum absolute atomic E-state index is 0.0382. The van der Waals surface area contributed by atoms with Gasteiger partial charge >= 0.3 is 0 Å². The molecule has 2 amide bonds. The Bertz CT molecular complexity index is 1520. The van der Waals surface area contributed by atoms with Crippen molar-refractivity contribution in [3.8, 4) is 11.5 Å². The molecule has 1 aliphatic rings. The van der Waals surface area contributed by atoms with Gasteiger partial charge in [-0.3, -0.25) is 9.59 Å². The van der Waals surface area contributed by atoms with E-state index in [2.05, 4.69) is 15.6 Å². The van der Waals surface area contributed by atoms with Crippen molar-refractivity contribution >= 4 is 22.8 Å². The summed E-state index contributed by atoms with van der Waals surface area (Å²) in [6, 6.07) is 17.8. The third-order valence-corrected chi connectivity index (χ3v) is 7.81. The van der Waals surface area contributed by atoms with Crippen LogP contribution in [-0.4, -0.2) is 58.5 Å². The number of benzene rings is 3. The fraction of sp³-hybridized carbons (Fsp3) is 0.375. The second-order valence-electron chi connectivity index (χ2n) is 10.6. The Morgan fingerprint density at radius 3 is 2.48 bits per heavy atom. The van der Waals surface area contributed by atoms with Crippen molar-refractivity contribution < 1.29 is 23.5 Å². The molecule has 1 aliphatic carbocycles. The fourth-order valence-corrected chi connectivity index (χ4v) is 5.58. The van der Waals surface area contributed by atoms with Gasteiger partial charge in [0.25, 0.3) is 0 Å². The first-order chi connectivity index (χ1) is 20.5. The average Bonchev–Trinajstić information content (AvgIpc) is 3.42. The van der Waals surface area contributed by atoms with E-state index in [1.54, 1.807) is 35.9 Å². The molecule has 1 aromatic heterocycles. The van der Waals surface area contributed by atoms with Gasteiger partial charge in [0.05, 0.1) is 19.7 Å². The Morgan fingerprint density at radius 1 is 1.00 bits per heavy atom. The molecule has 1 saturated carbocycles. The van der Waals surface area contributed by atoms with Gasteiger partial charge in [-0.15, -0.1) is 5.10 Å². The molecule has 9 nitrogen and oxygen atoms in total. The zero-order valence-corrected chi connectivity index (χ0v) is 24.0. The first kappa shape index (κ1) is 29.0. The lowest BCUT2D eigenvalue weighted by molar-refractivity contribution is -0.141. The Hall–Kier alpha value is -4.47. The number of nitrogens with one attached hydrogen (secondary N) is 1. The van der Waals surface area contributed by atoms with Crippen molar-refractivity contribution in [2.45, 2.75) is 57.2 Å². The molecule has 1 heterocycles. The molecule has 0 unspecified atom stereocenters. The van der Waals surface area contributed by atoms with E-state index < -0.39 is 11.9 Å². The monoisotopic (exact) mass is 573 g/mol. The second kappa shape index (κ2) is 13.5. The maximum atomic E-state index is 14.1. The number of carbonyl (C=O) groups is 2. The first-order valence-electron chi connectivity index (χ1n) is 14.3. The quantitative estimate of drug-likeness (QED) is 0.276. The number of rotatable bonds is 11. The van der Waals surface area contributed by atoms with E-state index in [1.165, 1.54) is 12.1 Å². The molecule has 5 rings (SSSR count). The van der Waals surface area contributed by atoms with Crippen molar-refractivity contribution in [1.82, 2.24) is 25.2 Å². The number of methoxy groups -OCH3 is 2. The largest absolute Gasteiger partial charge is 0.493 e. The van der Waals surface area contributed by atoms with Gasteiger partial charge in [0.2, 0.25) is 11.8 Å². The van der Waals surface area contributed by atoms with E-state index in [9.17, 15) is 14.0 Å². The maximum Gasteiger partial charge on any atom is 0.247 e. The van der Waals surface area contributed by atoms with Gasteiger partial charge in [-0.2, -0.15) is 0 Å². The third-order valence-electron chi connectivity index (χ3n) is 7.81. The zero-order chi connectivity index (χ0) is 29.5. The lowest BCUT2D eigenvalue weighted by Crippen LogP contribution is -2.48. The summed E-state index contributed by atoms with van der Waals surface area (Å²) in [4.78, 5) is 29.7. The molecule has 1 atom stereocenters. The molecule has 1 fully saturated rings. The summed E-state index contributed by atoms with van der Waals surface area (Å²) in [7, 11) is 3.14. The summed E-state index contributed by atoms with van der Waals surface area (Å²) < 4.78 is 26.3. The normalized spacial score (nSPS) is 14.4. The summed E-state index contributed by atoms with van der Waals surface area (Å²) in [5.74, 6) is 0.176. The molecule has 4 aromatic rings. The van der Waals surface area contributed by atoms with Crippen molar-refractivity contribution in [2.75, 3.05) is 20.8 Å². The van der Waals surface area contributed by atoms with Crippen LogP contribution in [0, 0.1) is 5.82 Å². The van der Waals surface area contributed by atoms with Gasteiger partial charge in [-0.25, -0.2) is 9.07 Å². The van der Waals surface area contributed by atoms with E-state index in [1.807, 2.05) is 42.5 Å². The van der Waals surface area contributed by atoms with Crippen molar-refractivity contribution in [3.63, 3.8) is 0 Å². The van der Waals surface area contributed by atoms with Gasteiger partial charge in [0.15, 0.2) is 11.5 Å². The highest BCUT2D eigenvalue weighted by Crippen LogP contribution is 2.29. The Labute approximate surface area is 244 Å². The fourth-order valence-electron chi connectivity index (χ4n) is 5.58. The number of carbonyl (C=O) groups excluding carboxylic acids is 2. The Morgan fingerprint density at radius 2 is 1.74 bits per heavy atom. The average molecular weight is 574 g/mol. The van der Waals surface area contributed by atoms with Crippen LogP contribution in [0.4, 0.5) is 4.39 Å². The van der Waals surface area contributed by atoms with Gasteiger partial charge in [0, 0.05) is 12.6 Å². The van der Waals surface area contributed by atoms with Crippen molar-refractivity contribution in [2.24, 2.45) is 0 Å². The number of amides is 2. The summed E-state index contributed by atoms with van der Waals surface area (Å²) in [5, 5.41) is 11.6. The highest BCUT2D eigenvalue weighted by atomic mass is 19.1. The molecular weight excluding hydrogens is 537 g/mol. The molecule has 42 heavy (non-hydrogen) atoms. The number of hydrogen-bond donors (Lipinski definition) is 1. The minimum atomic E-state index is -0.963. The summed E-state index contributed by atoms with van der Waals surface area (Å²) in [6.45, 7) is 0.113. The number of aromatic nitrogens is 3. The van der Waals surface area contributed by atoms with Crippen LogP contribution in [0.1, 0.15) is 49.3 Å². The third kappa shape index (κ3) is 6.70. The Kier molecular flexibility index (Phi) is 9.31. The number of ether oxygens (including phenoxy) is 2. The zero-order valence-electron chi connectivity index (χ0n) is 24.0. The standard InChI is InChI=1S/C32H36FN5O4/c1-41-28-17-12-22(20-29(28)42-2)18-19-37(30(39)21-38-27-11-7-6-10-26(27)35-36-38)31(23-13-15-24(33)16-14-23)32(40)34-25-8-4-3-5-9-25/h6-7,10-17,20,25,31H,3-5,8-9,18-19,21H2,1-2H3,(H,34,40)/t31-/m1/s1. The maximum absolute atomic E-state index is 14.1. The van der Waals surface area contributed by atoms with Crippen LogP contribution in [0.5, 0.6) is 11.5 Å². The molecule has 0 radical (unpaired) electrons. The molecule has 1 N–H and O–H groups in total. The molecule has 0 bridgehead atoms. The molecule has 10 heteroatoms. The van der Waals surface area contributed by atoms with Crippen LogP contribution in [0.2, 0.25) is 0 Å². The van der Waals surface area contributed by atoms with Gasteiger partial charge in [-0.1, -0.05) is 54.8 Å². The number of para-hydroxylation sites is 1. The van der Waals surface area contributed by atoms with Crippen LogP contribution in [0.15, 0.2) is 66.7 Å². The van der Waals surface area contributed by atoms with Crippen LogP contribution in [0.3, 0.4) is 0 Å². The summed E-state index contributed by atoms with van der Waals surface area (Å²) in [6.07, 6.45) is 5.48. The lowest BCUT2D eigenvalue weighted by Gasteiger charge is -2.33. The highest BCUT2D eigenvalue weighted by molar-refractivity contribution is 5.89. The van der Waals surface area contributed by atoms with E-state index in [0.29, 0.717) is 29.0 Å². The predicted octanol–water partition coefficient (Wildman–Crippen LogP) is 4.85. The van der Waals surface area contributed by atoms with Crippen molar-refractivity contribution in [1.29, 1.82) is 0 Å². The first-order valence-corrected chi connectivity index (χ1v) is 14.3. The van der Waals surface area contributed by atoms with Crippen LogP contribution in [0.25, 0.3) is 11.0 Å². The Balaban J connectivity index is 1.49. The number of nitrogens with zero attached hydrogens (tertiary/aromatic N) is 4. The SMILES string of the molecule is COc1ccc(CCN(C(=O)Cn2nnc3ccccc32)[C@@H](C(=O)NC2CCCCC2)c2ccc(F)cc2)cc1OC. The van der Waals surface area contributed by atoms with E-state index in [-0.39, 0.29) is 30.9 Å². The molecular formula is C32H36FN5O4. The van der Waals surface area contributed by atoms with Crippen LogP contribution in [-0.2, 0) is 22.6 Å². The molecule has 0 saturated heterocycles. The van der Waals surface area contributed by atoms with Gasteiger partial charge in [-0.05, 0) is 66.8 Å². The van der Waals surface area contributed by atoms with E-state index in [4.69, 9.17) is 9.47 Å². The molecule has 220 valence electrons. The van der Waals surface area contributed by atoms with Crippen molar-refractivity contribution in [3.05, 3.63) is 83.7 Å². The van der Waals surface area contributed by atoms with Gasteiger partial charge < -0.3 is 19.7 Å². The number of halogens is 1. The smallest absolute Gasteiger partial charge is 0.247 e. The lowest BCUT2D eigenvalue weighted by atomic mass is 9.94. The van der Waals surface area contributed by atoms with E-state index in [0.717, 1.165) is 43.2 Å². The second-order valence-corrected chi connectivity index (χ2v) is 10.6. The molecule has 3 aromatic carbocycles. The highest BCUT2D eigenvalue weighted by Gasteiger charge is 2.33. The molecule has 0 aliphatic heterocycles. The number of fused-ring (bicyclic) bond motifs is 1. The van der Waals surface area contributed by atoms with Crippen LogP contribution >= 0.6 is 0 Å².